The molecule has 7 nitrogen and oxygen atoms in total. The van der Waals surface area contributed by atoms with Crippen molar-refractivity contribution in [1.29, 1.82) is 0 Å². The van der Waals surface area contributed by atoms with E-state index in [9.17, 15) is 13.2 Å². The van der Waals surface area contributed by atoms with E-state index in [1.54, 1.807) is 43.3 Å². The van der Waals surface area contributed by atoms with Gasteiger partial charge in [0.05, 0.1) is 23.3 Å². The highest BCUT2D eigenvalue weighted by atomic mass is 35.5. The van der Waals surface area contributed by atoms with E-state index in [0.717, 1.165) is 0 Å². The summed E-state index contributed by atoms with van der Waals surface area (Å²) in [6.45, 7) is 2.11. The maximum absolute atomic E-state index is 12.4. The molecule has 32 heavy (non-hydrogen) atoms. The molecule has 0 fully saturated rings. The van der Waals surface area contributed by atoms with Crippen molar-refractivity contribution in [1.82, 2.24) is 4.83 Å². The first-order chi connectivity index (χ1) is 15.3. The Balaban J connectivity index is 1.74. The molecular formula is C22H18Cl2N2O5S. The van der Waals surface area contributed by atoms with Crippen LogP contribution in [-0.4, -0.2) is 27.2 Å². The Morgan fingerprint density at radius 1 is 0.969 bits per heavy atom. The van der Waals surface area contributed by atoms with E-state index in [-0.39, 0.29) is 10.6 Å². The molecule has 0 aliphatic heterocycles. The summed E-state index contributed by atoms with van der Waals surface area (Å²) in [6.07, 6.45) is 1.31. The van der Waals surface area contributed by atoms with Gasteiger partial charge in [-0.15, -0.1) is 0 Å². The molecule has 0 atom stereocenters. The van der Waals surface area contributed by atoms with E-state index in [1.807, 2.05) is 0 Å². The van der Waals surface area contributed by atoms with Crippen LogP contribution in [-0.2, 0) is 10.0 Å². The average molecular weight is 493 g/mol. The number of ether oxygens (including phenoxy) is 2. The van der Waals surface area contributed by atoms with E-state index in [4.69, 9.17) is 32.7 Å². The highest BCUT2D eigenvalue weighted by Gasteiger charge is 2.14. The van der Waals surface area contributed by atoms with Crippen LogP contribution < -0.4 is 14.3 Å². The fourth-order valence-electron chi connectivity index (χ4n) is 2.54. The lowest BCUT2D eigenvalue weighted by atomic mass is 10.2. The molecule has 0 amide bonds. The predicted molar refractivity (Wildman–Crippen MR) is 123 cm³/mol. The van der Waals surface area contributed by atoms with Crippen LogP contribution >= 0.6 is 23.2 Å². The lowest BCUT2D eigenvalue weighted by Crippen LogP contribution is -2.18. The standard InChI is InChI=1S/C22H18Cl2N2O5S/c1-2-30-21-13-15(14-25-26-32(28,29)19-10-8-18(24)9-11-19)3-12-20(21)31-22(27)16-4-6-17(23)7-5-16/h3-14,26H,2H2,1H3. The normalized spacial score (nSPS) is 11.3. The highest BCUT2D eigenvalue weighted by Crippen LogP contribution is 2.29. The fraction of sp³-hybridized carbons (Fsp3) is 0.0909. The van der Waals surface area contributed by atoms with Crippen molar-refractivity contribution in [3.05, 3.63) is 87.9 Å². The summed E-state index contributed by atoms with van der Waals surface area (Å²) < 4.78 is 35.5. The Morgan fingerprint density at radius 2 is 1.59 bits per heavy atom. The molecule has 3 rings (SSSR count). The van der Waals surface area contributed by atoms with Crippen LogP contribution in [0.5, 0.6) is 11.5 Å². The van der Waals surface area contributed by atoms with Crippen LogP contribution in [0.1, 0.15) is 22.8 Å². The highest BCUT2D eigenvalue weighted by molar-refractivity contribution is 7.89. The minimum absolute atomic E-state index is 0.0264. The molecule has 3 aromatic carbocycles. The van der Waals surface area contributed by atoms with Gasteiger partial charge in [-0.05, 0) is 79.2 Å². The second-order valence-electron chi connectivity index (χ2n) is 6.34. The van der Waals surface area contributed by atoms with Crippen molar-refractivity contribution in [3.8, 4) is 11.5 Å². The molecule has 1 N–H and O–H groups in total. The van der Waals surface area contributed by atoms with Gasteiger partial charge in [-0.2, -0.15) is 13.5 Å². The van der Waals surface area contributed by atoms with Crippen molar-refractivity contribution < 1.29 is 22.7 Å². The van der Waals surface area contributed by atoms with Crippen LogP contribution in [0.15, 0.2) is 76.7 Å². The number of carbonyl (C=O) groups excluding carboxylic acids is 1. The van der Waals surface area contributed by atoms with Crippen LogP contribution in [0.25, 0.3) is 0 Å². The molecule has 10 heteroatoms. The number of nitrogens with zero attached hydrogens (tertiary/aromatic N) is 1. The van der Waals surface area contributed by atoms with Crippen LogP contribution in [0.3, 0.4) is 0 Å². The van der Waals surface area contributed by atoms with Gasteiger partial charge < -0.3 is 9.47 Å². The van der Waals surface area contributed by atoms with Gasteiger partial charge in [-0.3, -0.25) is 0 Å². The molecule has 166 valence electrons. The minimum atomic E-state index is -3.84. The van der Waals surface area contributed by atoms with Crippen molar-refractivity contribution in [3.63, 3.8) is 0 Å². The monoisotopic (exact) mass is 492 g/mol. The average Bonchev–Trinajstić information content (AvgIpc) is 2.76. The summed E-state index contributed by atoms with van der Waals surface area (Å²) >= 11 is 11.6. The Bertz CT molecular complexity index is 1230. The van der Waals surface area contributed by atoms with Gasteiger partial charge in [0.25, 0.3) is 10.0 Å². The third-order valence-corrected chi connectivity index (χ3v) is 5.80. The molecule has 0 radical (unpaired) electrons. The number of rotatable bonds is 8. The summed E-state index contributed by atoms with van der Waals surface area (Å²) in [5.74, 6) is -0.0511. The van der Waals surface area contributed by atoms with Gasteiger partial charge in [-0.1, -0.05) is 23.2 Å². The van der Waals surface area contributed by atoms with E-state index < -0.39 is 16.0 Å². The van der Waals surface area contributed by atoms with Gasteiger partial charge in [0, 0.05) is 10.0 Å². The van der Waals surface area contributed by atoms with Crippen LogP contribution in [0.2, 0.25) is 10.0 Å². The second-order valence-corrected chi connectivity index (χ2v) is 8.88. The van der Waals surface area contributed by atoms with Gasteiger partial charge in [0.2, 0.25) is 0 Å². The zero-order chi connectivity index (χ0) is 23.1. The third-order valence-electron chi connectivity index (χ3n) is 4.06. The number of hydrogen-bond acceptors (Lipinski definition) is 6. The van der Waals surface area contributed by atoms with Gasteiger partial charge in [0.15, 0.2) is 11.5 Å². The smallest absolute Gasteiger partial charge is 0.343 e. The van der Waals surface area contributed by atoms with E-state index in [1.165, 1.54) is 36.5 Å². The number of nitrogens with one attached hydrogen (secondary N) is 1. The SMILES string of the molecule is CCOc1cc(C=NNS(=O)(=O)c2ccc(Cl)cc2)ccc1OC(=O)c1ccc(Cl)cc1. The Labute approximate surface area is 195 Å². The van der Waals surface area contributed by atoms with E-state index in [0.29, 0.717) is 33.5 Å². The first kappa shape index (κ1) is 23.6. The summed E-state index contributed by atoms with van der Waals surface area (Å²) in [5, 5.41) is 4.72. The molecule has 0 unspecified atom stereocenters. The number of carbonyl (C=O) groups is 1. The first-order valence-corrected chi connectivity index (χ1v) is 11.6. The Morgan fingerprint density at radius 3 is 2.22 bits per heavy atom. The van der Waals surface area contributed by atoms with Gasteiger partial charge in [-0.25, -0.2) is 9.63 Å². The summed E-state index contributed by atoms with van der Waals surface area (Å²) in [6, 6.07) is 16.7. The number of benzene rings is 3. The maximum Gasteiger partial charge on any atom is 0.343 e. The molecule has 0 aliphatic carbocycles. The Kier molecular flexibility index (Phi) is 7.74. The Hall–Kier alpha value is -3.07. The molecule has 0 bridgehead atoms. The number of hydrogen-bond donors (Lipinski definition) is 1. The molecule has 0 aromatic heterocycles. The number of esters is 1. The topological polar surface area (TPSA) is 94.1 Å². The quantitative estimate of drug-likeness (QED) is 0.208. The number of halogens is 2. The summed E-state index contributed by atoms with van der Waals surface area (Å²) in [7, 11) is -3.84. The minimum Gasteiger partial charge on any atom is -0.490 e. The van der Waals surface area contributed by atoms with Crippen LogP contribution in [0, 0.1) is 0 Å². The summed E-state index contributed by atoms with van der Waals surface area (Å²) in [4.78, 5) is 14.5. The zero-order valence-electron chi connectivity index (χ0n) is 16.8. The van der Waals surface area contributed by atoms with E-state index >= 15 is 0 Å². The molecule has 0 heterocycles. The molecular weight excluding hydrogens is 475 g/mol. The molecule has 0 saturated heterocycles. The predicted octanol–water partition coefficient (Wildman–Crippen LogP) is 4.92. The lowest BCUT2D eigenvalue weighted by Gasteiger charge is -2.11. The van der Waals surface area contributed by atoms with Gasteiger partial charge in [0.1, 0.15) is 0 Å². The number of sulfonamides is 1. The van der Waals surface area contributed by atoms with Crippen LogP contribution in [0.4, 0.5) is 0 Å². The molecule has 3 aromatic rings. The largest absolute Gasteiger partial charge is 0.490 e. The van der Waals surface area contributed by atoms with E-state index in [2.05, 4.69) is 9.93 Å². The first-order valence-electron chi connectivity index (χ1n) is 9.33. The molecule has 0 saturated carbocycles. The van der Waals surface area contributed by atoms with Crippen molar-refractivity contribution >= 4 is 45.4 Å². The third kappa shape index (κ3) is 6.23. The second kappa shape index (κ2) is 10.5. The van der Waals surface area contributed by atoms with Crippen molar-refractivity contribution in [2.24, 2.45) is 5.10 Å². The van der Waals surface area contributed by atoms with Crippen molar-refractivity contribution in [2.75, 3.05) is 6.61 Å². The molecule has 0 aliphatic rings. The van der Waals surface area contributed by atoms with Crippen molar-refractivity contribution in [2.45, 2.75) is 11.8 Å². The number of hydrazone groups is 1. The lowest BCUT2D eigenvalue weighted by molar-refractivity contribution is 0.0728. The molecule has 0 spiro atoms. The zero-order valence-corrected chi connectivity index (χ0v) is 19.1. The fourth-order valence-corrected chi connectivity index (χ4v) is 3.58. The van der Waals surface area contributed by atoms with Gasteiger partial charge >= 0.3 is 5.97 Å². The maximum atomic E-state index is 12.4. The summed E-state index contributed by atoms with van der Waals surface area (Å²) in [5.41, 5.74) is 0.859.